The van der Waals surface area contributed by atoms with Crippen LogP contribution in [0.25, 0.3) is 23.3 Å². The molecule has 0 atom stereocenters. The van der Waals surface area contributed by atoms with Crippen molar-refractivity contribution in [2.45, 2.75) is 33.4 Å². The highest BCUT2D eigenvalue weighted by Crippen LogP contribution is 2.37. The number of hydrogen-bond donors (Lipinski definition) is 8. The van der Waals surface area contributed by atoms with Crippen LogP contribution in [0.3, 0.4) is 0 Å². The van der Waals surface area contributed by atoms with Crippen molar-refractivity contribution in [1.29, 1.82) is 0 Å². The maximum absolute atomic E-state index is 13.4. The Hall–Kier alpha value is -6.12. The molecule has 0 saturated carbocycles. The summed E-state index contributed by atoms with van der Waals surface area (Å²) in [6, 6.07) is 11.2. The highest BCUT2D eigenvalue weighted by atomic mass is 32.2. The van der Waals surface area contributed by atoms with Gasteiger partial charge in [-0.3, -0.25) is 38.7 Å². The summed E-state index contributed by atoms with van der Waals surface area (Å²) in [5, 5.41) is 8.15. The fourth-order valence-corrected chi connectivity index (χ4v) is 8.96. The Labute approximate surface area is 329 Å². The van der Waals surface area contributed by atoms with Crippen LogP contribution in [0.5, 0.6) is 0 Å². The SMILES string of the molecule is Cc1cc(-c2ccc(N/N=C3/C=Cc4c(S(=O)(=O)O)cc(S(=O)(=O)O)c(N)c4C3=O)c(C)c2)ccc1NN=C1C=Cc2c(S(=O)(=O)O)cc(S(=O)(=O)O)c(N)c2C1=O. The van der Waals surface area contributed by atoms with Crippen molar-refractivity contribution >= 4 is 98.4 Å². The number of Topliss-reactive ketones (excluding diaryl/α,β-unsaturated/α-hetero) is 2. The molecular weight excluding hydrogens is 845 g/mol. The molecule has 0 spiro atoms. The smallest absolute Gasteiger partial charge is 0.296 e. The maximum Gasteiger partial charge on any atom is 0.296 e. The minimum atomic E-state index is -5.12. The molecule has 4 aromatic rings. The second-order valence-corrected chi connectivity index (χ2v) is 18.2. The summed E-state index contributed by atoms with van der Waals surface area (Å²) in [5.41, 5.74) is 16.6. The zero-order valence-corrected chi connectivity index (χ0v) is 32.7. The topological polar surface area (TPSA) is 352 Å². The number of carbonyl (C=O) groups is 2. The van der Waals surface area contributed by atoms with Crippen molar-refractivity contribution in [1.82, 2.24) is 0 Å². The standard InChI is InChI=1S/C34H28N6O14S4/c1-15-11-17(3-7-21(15)37-39-23-9-5-19-25(55(43,44)45)13-27(57(49,50)51)31(35)29(19)33(23)41)18-4-8-22(16(2)12-18)38-40-24-10-6-20-26(56(46,47)48)14-28(58(52,53)54)32(36)30(20)34(24)42/h3-14,37-38H,35-36H2,1-2H3,(H,43,44,45)(H,46,47,48)(H,49,50,51)(H,52,53,54)/b39-23-,40-24?. The first-order valence-corrected chi connectivity index (χ1v) is 21.7. The molecule has 0 heterocycles. The minimum Gasteiger partial charge on any atom is -0.397 e. The first-order valence-electron chi connectivity index (χ1n) is 16.0. The highest BCUT2D eigenvalue weighted by molar-refractivity contribution is 7.87. The van der Waals surface area contributed by atoms with Crippen LogP contribution in [0.2, 0.25) is 0 Å². The van der Waals surface area contributed by atoms with Gasteiger partial charge >= 0.3 is 0 Å². The Morgan fingerprint density at radius 2 is 0.828 bits per heavy atom. The lowest BCUT2D eigenvalue weighted by Gasteiger charge is -2.18. The van der Waals surface area contributed by atoms with Gasteiger partial charge in [0.1, 0.15) is 31.0 Å². The van der Waals surface area contributed by atoms with Crippen molar-refractivity contribution in [3.8, 4) is 11.1 Å². The van der Waals surface area contributed by atoms with E-state index in [1.807, 2.05) is 0 Å². The number of nitrogens with zero attached hydrogens (tertiary/aromatic N) is 2. The van der Waals surface area contributed by atoms with Crippen LogP contribution in [-0.4, -0.2) is 74.9 Å². The van der Waals surface area contributed by atoms with Crippen molar-refractivity contribution in [3.63, 3.8) is 0 Å². The molecule has 0 aliphatic heterocycles. The molecule has 2 aliphatic carbocycles. The summed E-state index contributed by atoms with van der Waals surface area (Å²) in [4.78, 5) is 22.6. The van der Waals surface area contributed by atoms with Crippen LogP contribution in [0.1, 0.15) is 43.0 Å². The Morgan fingerprint density at radius 1 is 0.500 bits per heavy atom. The van der Waals surface area contributed by atoms with Crippen molar-refractivity contribution in [3.05, 3.63) is 94.1 Å². The summed E-state index contributed by atoms with van der Waals surface area (Å²) < 4.78 is 134. The first-order chi connectivity index (χ1) is 26.8. The number of carbonyl (C=O) groups excluding carboxylic acids is 2. The van der Waals surface area contributed by atoms with E-state index in [9.17, 15) is 61.5 Å². The lowest BCUT2D eigenvalue weighted by molar-refractivity contribution is 0.105. The van der Waals surface area contributed by atoms with E-state index < -0.39 is 105 Å². The zero-order valence-electron chi connectivity index (χ0n) is 29.5. The summed E-state index contributed by atoms with van der Waals surface area (Å²) in [7, 11) is -20.4. The Bertz CT molecular complexity index is 2930. The lowest BCUT2D eigenvalue weighted by atomic mass is 9.93. The molecule has 0 amide bonds. The zero-order chi connectivity index (χ0) is 42.9. The van der Waals surface area contributed by atoms with Crippen LogP contribution >= 0.6 is 0 Å². The van der Waals surface area contributed by atoms with E-state index in [1.54, 1.807) is 50.2 Å². The molecule has 0 saturated heterocycles. The number of benzene rings is 4. The van der Waals surface area contributed by atoms with E-state index >= 15 is 0 Å². The number of fused-ring (bicyclic) bond motifs is 2. The highest BCUT2D eigenvalue weighted by Gasteiger charge is 2.34. The number of nitrogens with one attached hydrogen (secondary N) is 2. The van der Waals surface area contributed by atoms with Gasteiger partial charge in [-0.05, 0) is 84.7 Å². The molecule has 0 aromatic heterocycles. The summed E-state index contributed by atoms with van der Waals surface area (Å²) in [6.07, 6.45) is 4.44. The number of rotatable bonds is 9. The molecule has 0 radical (unpaired) electrons. The summed E-state index contributed by atoms with van der Waals surface area (Å²) in [5.74, 6) is -2.01. The monoisotopic (exact) mass is 872 g/mol. The molecule has 0 unspecified atom stereocenters. The summed E-state index contributed by atoms with van der Waals surface area (Å²) in [6.45, 7) is 3.45. The van der Waals surface area contributed by atoms with Gasteiger partial charge in [-0.2, -0.15) is 43.9 Å². The van der Waals surface area contributed by atoms with E-state index in [2.05, 4.69) is 21.1 Å². The molecule has 0 bridgehead atoms. The van der Waals surface area contributed by atoms with Gasteiger partial charge < -0.3 is 11.5 Å². The molecule has 20 nitrogen and oxygen atoms in total. The lowest BCUT2D eigenvalue weighted by Crippen LogP contribution is -2.23. The number of allylic oxidation sites excluding steroid dienone is 2. The van der Waals surface area contributed by atoms with Gasteiger partial charge in [-0.15, -0.1) is 0 Å². The molecule has 6 rings (SSSR count). The van der Waals surface area contributed by atoms with Crippen LogP contribution in [-0.2, 0) is 40.5 Å². The van der Waals surface area contributed by atoms with Gasteiger partial charge in [0.05, 0.1) is 33.9 Å². The fourth-order valence-electron chi connectivity index (χ4n) is 6.09. The predicted molar refractivity (Wildman–Crippen MR) is 211 cm³/mol. The maximum atomic E-state index is 13.4. The second-order valence-electron chi connectivity index (χ2n) is 12.7. The van der Waals surface area contributed by atoms with Gasteiger partial charge in [0, 0.05) is 11.1 Å². The average molecular weight is 873 g/mol. The summed E-state index contributed by atoms with van der Waals surface area (Å²) >= 11 is 0. The molecule has 2 aliphatic rings. The van der Waals surface area contributed by atoms with Gasteiger partial charge in [0.2, 0.25) is 11.6 Å². The van der Waals surface area contributed by atoms with Gasteiger partial charge in [-0.1, -0.05) is 24.3 Å². The number of hydrazone groups is 2. The number of anilines is 4. The molecule has 58 heavy (non-hydrogen) atoms. The third-order valence-corrected chi connectivity index (χ3v) is 12.5. The third-order valence-electron chi connectivity index (χ3n) is 8.89. The van der Waals surface area contributed by atoms with Crippen LogP contribution in [0.4, 0.5) is 22.7 Å². The van der Waals surface area contributed by atoms with Crippen LogP contribution in [0, 0.1) is 13.8 Å². The largest absolute Gasteiger partial charge is 0.397 e. The predicted octanol–water partition coefficient (Wildman–Crippen LogP) is 3.48. The normalized spacial score (nSPS) is 15.8. The Balaban J connectivity index is 1.23. The second kappa shape index (κ2) is 14.4. The van der Waals surface area contributed by atoms with Crippen molar-refractivity contribution in [2.75, 3.05) is 22.3 Å². The van der Waals surface area contributed by atoms with Crippen LogP contribution < -0.4 is 22.3 Å². The molecule has 0 fully saturated rings. The molecule has 302 valence electrons. The van der Waals surface area contributed by atoms with E-state index in [-0.39, 0.29) is 11.4 Å². The molecule has 4 aromatic carbocycles. The number of nitrogen functional groups attached to an aromatic ring is 2. The average Bonchev–Trinajstić information content (AvgIpc) is 3.09. The molecular formula is C34H28N6O14S4. The number of nitrogens with two attached hydrogens (primary N) is 2. The van der Waals surface area contributed by atoms with Crippen molar-refractivity contribution in [2.24, 2.45) is 10.2 Å². The number of hydrogen-bond acceptors (Lipinski definition) is 16. The van der Waals surface area contributed by atoms with Crippen LogP contribution in [0.15, 0.2) is 90.5 Å². The molecule has 10 N–H and O–H groups in total. The Kier molecular flexibility index (Phi) is 10.3. The van der Waals surface area contributed by atoms with Gasteiger partial charge in [0.25, 0.3) is 40.5 Å². The molecule has 24 heteroatoms. The van der Waals surface area contributed by atoms with E-state index in [0.717, 1.165) is 35.4 Å². The van der Waals surface area contributed by atoms with E-state index in [0.29, 0.717) is 34.6 Å². The fraction of sp³-hybridized carbons (Fsp3) is 0.0588. The number of aryl methyl sites for hydroxylation is 2. The van der Waals surface area contributed by atoms with Gasteiger partial charge in [0.15, 0.2) is 0 Å². The minimum absolute atomic E-state index is 0.317. The first kappa shape index (κ1) is 41.5. The van der Waals surface area contributed by atoms with Crippen molar-refractivity contribution < 1.29 is 61.5 Å². The van der Waals surface area contributed by atoms with E-state index in [4.69, 9.17) is 11.5 Å². The quantitative estimate of drug-likeness (QED) is 0.0678. The number of ketones is 2. The van der Waals surface area contributed by atoms with Gasteiger partial charge in [-0.25, -0.2) is 0 Å². The Morgan fingerprint density at radius 3 is 1.12 bits per heavy atom. The third kappa shape index (κ3) is 7.77. The van der Waals surface area contributed by atoms with E-state index in [1.165, 1.54) is 0 Å².